The van der Waals surface area contributed by atoms with Crippen molar-refractivity contribution in [3.8, 4) is 6.07 Å². The predicted molar refractivity (Wildman–Crippen MR) is 98.5 cm³/mol. The molecule has 2 atom stereocenters. The predicted octanol–water partition coefficient (Wildman–Crippen LogP) is 3.96. The number of nitriles is 1. The Balaban J connectivity index is 2.32. The quantitative estimate of drug-likeness (QED) is 0.668. The van der Waals surface area contributed by atoms with Gasteiger partial charge in [-0.05, 0) is 72.5 Å². The van der Waals surface area contributed by atoms with Crippen LogP contribution in [0, 0.1) is 26.6 Å². The van der Waals surface area contributed by atoms with Crippen LogP contribution in [-0.4, -0.2) is 15.5 Å². The van der Waals surface area contributed by atoms with Crippen LogP contribution in [0.5, 0.6) is 0 Å². The van der Waals surface area contributed by atoms with E-state index in [1.165, 1.54) is 19.9 Å². The van der Waals surface area contributed by atoms with Crippen LogP contribution in [0.4, 0.5) is 4.39 Å². The summed E-state index contributed by atoms with van der Waals surface area (Å²) in [5.41, 5.74) is 0.595. The van der Waals surface area contributed by atoms with Gasteiger partial charge in [0, 0.05) is 9.49 Å². The highest BCUT2D eigenvalue weighted by molar-refractivity contribution is 14.1. The molecule has 1 saturated carbocycles. The van der Waals surface area contributed by atoms with E-state index in [1.807, 2.05) is 12.1 Å². The largest absolute Gasteiger partial charge is 0.244 e. The van der Waals surface area contributed by atoms with Crippen molar-refractivity contribution in [3.05, 3.63) is 33.1 Å². The van der Waals surface area contributed by atoms with E-state index < -0.39 is 14.7 Å². The first-order valence-corrected chi connectivity index (χ1v) is 10.2. The topological polar surface area (TPSA) is 79.2 Å². The molecule has 2 rings (SSSR count). The molecule has 0 radical (unpaired) electrons. The molecule has 0 heterocycles. The van der Waals surface area contributed by atoms with E-state index in [4.69, 9.17) is 10.4 Å². The molecule has 126 valence electrons. The van der Waals surface area contributed by atoms with Gasteiger partial charge in [0.15, 0.2) is 0 Å². The third-order valence-corrected chi connectivity index (χ3v) is 6.96. The van der Waals surface area contributed by atoms with E-state index in [-0.39, 0.29) is 18.3 Å². The molecule has 2 N–H and O–H groups in total. The molecule has 0 aromatic heterocycles. The lowest BCUT2D eigenvalue weighted by atomic mass is 9.93. The van der Waals surface area contributed by atoms with E-state index in [0.717, 1.165) is 22.8 Å². The Morgan fingerprint density at radius 3 is 2.78 bits per heavy atom. The smallest absolute Gasteiger partial charge is 0.148 e. The number of benzene rings is 1. The van der Waals surface area contributed by atoms with E-state index in [9.17, 15) is 8.60 Å². The standard InChI is InChI=1S/C16H21FIN3OS/c1-16(2,10-19)23(20,22)21-9-12(7-11-3-4-11)14-8-13(18)5-6-15(14)17/h5-6,8,11-12H,3-4,7,9H2,1-2H3,(H2,20,21,22)/t12?,23-/m1/s1. The molecule has 1 aromatic rings. The molecule has 0 aliphatic heterocycles. The van der Waals surface area contributed by atoms with Crippen molar-refractivity contribution in [3.63, 3.8) is 0 Å². The van der Waals surface area contributed by atoms with Gasteiger partial charge in [-0.1, -0.05) is 12.8 Å². The fraction of sp³-hybridized carbons (Fsp3) is 0.562. The number of rotatable bonds is 6. The monoisotopic (exact) mass is 449 g/mol. The van der Waals surface area contributed by atoms with Crippen molar-refractivity contribution < 1.29 is 8.60 Å². The second-order valence-corrected chi connectivity index (χ2v) is 10.2. The molecule has 0 saturated heterocycles. The third-order valence-electron chi connectivity index (χ3n) is 4.20. The normalized spacial score (nSPS) is 18.8. The van der Waals surface area contributed by atoms with Crippen molar-refractivity contribution in [2.45, 2.75) is 43.8 Å². The maximum Gasteiger partial charge on any atom is 0.148 e. The molecule has 1 aliphatic rings. The molecular formula is C16H21FIN3OS. The van der Waals surface area contributed by atoms with E-state index in [1.54, 1.807) is 6.07 Å². The maximum absolute atomic E-state index is 14.2. The van der Waals surface area contributed by atoms with Gasteiger partial charge in [-0.3, -0.25) is 0 Å². The lowest BCUT2D eigenvalue weighted by molar-refractivity contribution is 0.536. The lowest BCUT2D eigenvalue weighted by Gasteiger charge is -2.20. The second-order valence-electron chi connectivity index (χ2n) is 6.54. The zero-order chi connectivity index (χ0) is 17.3. The minimum absolute atomic E-state index is 0.156. The van der Waals surface area contributed by atoms with Crippen LogP contribution in [0.2, 0.25) is 0 Å². The van der Waals surface area contributed by atoms with Crippen molar-refractivity contribution in [2.75, 3.05) is 6.54 Å². The molecule has 1 aliphatic carbocycles. The summed E-state index contributed by atoms with van der Waals surface area (Å²) in [5.74, 6) is 0.149. The van der Waals surface area contributed by atoms with Crippen molar-refractivity contribution in [1.82, 2.24) is 0 Å². The van der Waals surface area contributed by atoms with Gasteiger partial charge in [-0.15, -0.1) is 0 Å². The summed E-state index contributed by atoms with van der Waals surface area (Å²) >= 11 is 2.15. The zero-order valence-electron chi connectivity index (χ0n) is 13.3. The van der Waals surface area contributed by atoms with Crippen LogP contribution >= 0.6 is 22.6 Å². The number of hydrogen-bond donors (Lipinski definition) is 1. The number of nitrogens with zero attached hydrogens (tertiary/aromatic N) is 2. The third kappa shape index (κ3) is 4.64. The summed E-state index contributed by atoms with van der Waals surface area (Å²) in [6.45, 7) is 3.20. The first kappa shape index (κ1) is 18.6. The zero-order valence-corrected chi connectivity index (χ0v) is 16.2. The Morgan fingerprint density at radius 1 is 1.57 bits per heavy atom. The lowest BCUT2D eigenvalue weighted by Crippen LogP contribution is -2.36. The summed E-state index contributed by atoms with van der Waals surface area (Å²) in [7, 11) is -3.16. The van der Waals surface area contributed by atoms with Gasteiger partial charge in [0.25, 0.3) is 0 Å². The summed E-state index contributed by atoms with van der Waals surface area (Å²) in [6.07, 6.45) is 3.09. The number of hydrogen-bond acceptors (Lipinski definition) is 3. The van der Waals surface area contributed by atoms with Gasteiger partial charge >= 0.3 is 0 Å². The average Bonchev–Trinajstić information content (AvgIpc) is 3.30. The Hall–Kier alpha value is -0.720. The molecule has 0 spiro atoms. The van der Waals surface area contributed by atoms with Gasteiger partial charge < -0.3 is 0 Å². The van der Waals surface area contributed by atoms with Crippen molar-refractivity contribution in [2.24, 2.45) is 15.4 Å². The van der Waals surface area contributed by atoms with Gasteiger partial charge in [0.05, 0.1) is 12.6 Å². The van der Waals surface area contributed by atoms with Crippen LogP contribution in [0.25, 0.3) is 0 Å². The maximum atomic E-state index is 14.2. The fourth-order valence-corrected chi connectivity index (χ4v) is 3.68. The highest BCUT2D eigenvalue weighted by atomic mass is 127. The summed E-state index contributed by atoms with van der Waals surface area (Å²) in [6, 6.07) is 6.93. The van der Waals surface area contributed by atoms with Gasteiger partial charge in [0.1, 0.15) is 20.5 Å². The van der Waals surface area contributed by atoms with Crippen LogP contribution < -0.4 is 5.14 Å². The summed E-state index contributed by atoms with van der Waals surface area (Å²) in [4.78, 5) is 0. The number of nitrogens with two attached hydrogens (primary N) is 1. The van der Waals surface area contributed by atoms with Crippen molar-refractivity contribution in [1.29, 1.82) is 5.26 Å². The Bertz CT molecular complexity index is 746. The Morgan fingerprint density at radius 2 is 2.22 bits per heavy atom. The molecule has 1 fully saturated rings. The highest BCUT2D eigenvalue weighted by Gasteiger charge is 2.31. The molecule has 7 heteroatoms. The molecule has 23 heavy (non-hydrogen) atoms. The van der Waals surface area contributed by atoms with Crippen LogP contribution in [0.3, 0.4) is 0 Å². The first-order chi connectivity index (χ1) is 10.7. The van der Waals surface area contributed by atoms with Crippen molar-refractivity contribution >= 4 is 32.5 Å². The van der Waals surface area contributed by atoms with Gasteiger partial charge in [-0.25, -0.2) is 18.1 Å². The molecule has 0 bridgehead atoms. The minimum Gasteiger partial charge on any atom is -0.244 e. The average molecular weight is 449 g/mol. The van der Waals surface area contributed by atoms with Crippen LogP contribution in [0.1, 0.15) is 44.6 Å². The van der Waals surface area contributed by atoms with Crippen LogP contribution in [-0.2, 0) is 9.92 Å². The van der Waals surface area contributed by atoms with E-state index >= 15 is 0 Å². The molecular weight excluding hydrogens is 428 g/mol. The van der Waals surface area contributed by atoms with E-state index in [2.05, 4.69) is 27.0 Å². The second kappa shape index (κ2) is 7.03. The molecule has 1 unspecified atom stereocenters. The Kier molecular flexibility index (Phi) is 5.69. The summed E-state index contributed by atoms with van der Waals surface area (Å²) in [5, 5.41) is 14.9. The summed E-state index contributed by atoms with van der Waals surface area (Å²) < 4.78 is 30.6. The molecule has 0 amide bonds. The Labute approximate surface area is 151 Å². The SMILES string of the molecule is CC(C)(C#N)[S@](N)(=O)=NCC(CC1CC1)c1cc(I)ccc1F. The number of halogens is 2. The minimum atomic E-state index is -3.16. The van der Waals surface area contributed by atoms with Crippen LogP contribution in [0.15, 0.2) is 22.6 Å². The fourth-order valence-electron chi connectivity index (χ4n) is 2.31. The van der Waals surface area contributed by atoms with E-state index in [0.29, 0.717) is 11.5 Å². The molecule has 1 aromatic carbocycles. The first-order valence-electron chi connectivity index (χ1n) is 7.52. The highest BCUT2D eigenvalue weighted by Crippen LogP contribution is 2.39. The van der Waals surface area contributed by atoms with Gasteiger partial charge in [0.2, 0.25) is 0 Å². The molecule has 4 nitrogen and oxygen atoms in total. The van der Waals surface area contributed by atoms with Gasteiger partial charge in [-0.2, -0.15) is 5.26 Å².